The molecule has 8 N–H and O–H groups in total. The van der Waals surface area contributed by atoms with Crippen LogP contribution in [0.5, 0.6) is 0 Å². The Morgan fingerprint density at radius 1 is 0.396 bits per heavy atom. The Bertz CT molecular complexity index is 4600. The van der Waals surface area contributed by atoms with Gasteiger partial charge in [-0.05, 0) is 129 Å². The zero-order valence-corrected chi connectivity index (χ0v) is 63.1. The molecule has 101 heavy (non-hydrogen) atoms. The molecule has 0 aliphatic heterocycles. The van der Waals surface area contributed by atoms with Gasteiger partial charge in [0.05, 0.1) is 85.9 Å². The number of alkyl halides is 2. The number of carbonyl (C=O) groups excluding carboxylic acids is 8. The third-order valence-electron chi connectivity index (χ3n) is 15.6. The van der Waals surface area contributed by atoms with Crippen molar-refractivity contribution in [3.05, 3.63) is 189 Å². The van der Waals surface area contributed by atoms with E-state index in [0.29, 0.717) is 39.1 Å². The van der Waals surface area contributed by atoms with Crippen LogP contribution in [0.25, 0.3) is 112 Å². The molecule has 4 aliphatic carbocycles. The number of aryl methyl sites for hydroxylation is 6. The van der Waals surface area contributed by atoms with Gasteiger partial charge in [0.25, 0.3) is 5.92 Å². The summed E-state index contributed by atoms with van der Waals surface area (Å²) < 4.78 is 46.8. The average molecular weight is 1590 g/mol. The van der Waals surface area contributed by atoms with E-state index in [2.05, 4.69) is 113 Å². The molecular weight excluding hydrogens is 1530 g/mol. The van der Waals surface area contributed by atoms with Gasteiger partial charge in [0.2, 0.25) is 24.4 Å². The average Bonchev–Trinajstić information content (AvgIpc) is 1.60. The summed E-state index contributed by atoms with van der Waals surface area (Å²) in [5.41, 5.74) is 48.3. The number of benzene rings is 6. The van der Waals surface area contributed by atoms with Gasteiger partial charge in [-0.2, -0.15) is 43.1 Å². The molecule has 14 rings (SSSR count). The number of H-pyrrole nitrogens is 4. The fourth-order valence-electron chi connectivity index (χ4n) is 11.3. The predicted molar refractivity (Wildman–Crippen MR) is 372 cm³/mol. The van der Waals surface area contributed by atoms with E-state index in [-0.39, 0.29) is 120 Å². The fourth-order valence-corrected chi connectivity index (χ4v) is 13.1. The van der Waals surface area contributed by atoms with Crippen LogP contribution in [-0.4, -0.2) is 117 Å². The van der Waals surface area contributed by atoms with Crippen molar-refractivity contribution in [1.29, 1.82) is 0 Å². The number of aromatic nitrogens is 8. The first-order valence-electron chi connectivity index (χ1n) is 28.9. The Hall–Kier alpha value is -8.16. The van der Waals surface area contributed by atoms with Crippen molar-refractivity contribution < 1.29 is 140 Å². The van der Waals surface area contributed by atoms with Crippen LogP contribution in [0.15, 0.2) is 122 Å². The first-order chi connectivity index (χ1) is 46.7. The minimum absolute atomic E-state index is 0. The molecule has 4 amide bonds. The number of nitrogens with one attached hydrogen (secondary N) is 8. The van der Waals surface area contributed by atoms with E-state index in [0.717, 1.165) is 134 Å². The van der Waals surface area contributed by atoms with Gasteiger partial charge in [-0.3, -0.25) is 19.2 Å². The van der Waals surface area contributed by atoms with E-state index in [4.69, 9.17) is 22.9 Å². The van der Waals surface area contributed by atoms with Crippen LogP contribution in [0.1, 0.15) is 44.8 Å². The smallest absolute Gasteiger partial charge is 0.632 e. The number of aromatic amines is 4. The van der Waals surface area contributed by atoms with Crippen molar-refractivity contribution in [2.75, 3.05) is 28.4 Å². The van der Waals surface area contributed by atoms with Gasteiger partial charge in [0.1, 0.15) is 0 Å². The van der Waals surface area contributed by atoms with Gasteiger partial charge in [-0.25, -0.2) is 44.0 Å². The van der Waals surface area contributed by atoms with E-state index in [9.17, 15) is 38.4 Å². The molecular formula is C67H56F2N12O12P4V4. The molecule has 4 heterocycles. The number of carbonyl (C=O) groups is 4. The van der Waals surface area contributed by atoms with Gasteiger partial charge < -0.3 is 81.0 Å². The number of fused-ring (bicyclic) bond motifs is 12. The Labute approximate surface area is 632 Å². The first-order valence-corrected chi connectivity index (χ1v) is 32.9. The van der Waals surface area contributed by atoms with Crippen LogP contribution in [0.2, 0.25) is 0 Å². The largest absolute Gasteiger partial charge is 2.00 e. The summed E-state index contributed by atoms with van der Waals surface area (Å²) in [4.78, 5) is 110. The van der Waals surface area contributed by atoms with E-state index in [1.807, 2.05) is 48.4 Å². The topological polar surface area (TPSA) is 383 Å². The molecule has 0 saturated carbocycles. The Morgan fingerprint density at radius 2 is 0.663 bits per heavy atom. The molecule has 4 radical (unpaired) electrons. The summed E-state index contributed by atoms with van der Waals surface area (Å²) in [5, 5.41) is 0. The van der Waals surface area contributed by atoms with Crippen molar-refractivity contribution in [3.63, 3.8) is 0 Å². The Kier molecular flexibility index (Phi) is 32.0. The number of ether oxygens (including phenoxy) is 4. The van der Waals surface area contributed by atoms with Crippen molar-refractivity contribution in [2.45, 2.75) is 44.4 Å². The molecule has 0 saturated heterocycles. The fraction of sp³-hybridized carbons (Fsp3) is 0.164. The quantitative estimate of drug-likeness (QED) is 0.0501. The van der Waals surface area contributed by atoms with Crippen LogP contribution in [0.3, 0.4) is 0 Å². The molecule has 4 aliphatic rings. The predicted octanol–water partition coefficient (Wildman–Crippen LogP) is 13.0. The summed E-state index contributed by atoms with van der Waals surface area (Å²) in [6.45, 7) is 0. The maximum atomic E-state index is 15.8. The molecule has 4 aromatic heterocycles. The Balaban J connectivity index is 0.000000278. The zero-order valence-electron chi connectivity index (χ0n) is 53.5. The third-order valence-corrected chi connectivity index (χ3v) is 17.9. The molecule has 0 fully saturated rings. The number of nitrogens with zero attached hydrogens (tertiary/aromatic N) is 4. The molecule has 4 unspecified atom stereocenters. The van der Waals surface area contributed by atoms with E-state index in [1.54, 1.807) is 36.7 Å². The van der Waals surface area contributed by atoms with Gasteiger partial charge in [-0.1, -0.05) is 91.0 Å². The Morgan fingerprint density at radius 3 is 1.01 bits per heavy atom. The summed E-state index contributed by atoms with van der Waals surface area (Å²) in [6.07, 6.45) is 4.76. The monoisotopic (exact) mass is 1590 g/mol. The van der Waals surface area contributed by atoms with Crippen molar-refractivity contribution in [3.8, 4) is 89.5 Å². The molecule has 6 aromatic carbocycles. The summed E-state index contributed by atoms with van der Waals surface area (Å²) in [5.74, 6) is -3.16. The normalized spacial score (nSPS) is 12.3. The van der Waals surface area contributed by atoms with Crippen molar-refractivity contribution >= 4 is 105 Å². The molecule has 510 valence electrons. The minimum atomic E-state index is -3.16. The number of imidazole rings is 4. The van der Waals surface area contributed by atoms with Gasteiger partial charge >= 0.3 is 74.2 Å². The molecule has 0 spiro atoms. The summed E-state index contributed by atoms with van der Waals surface area (Å²) >= 11 is 0. The SMILES string of the molecule is COC([NH-])=O.COC([NH-])=O.COC([NH-])=O.COC([NH-])=O.O=[C-]Pc1ncc(-c2ccc3c(c2)C(F)(F)c2cc(-c4ccc5c(c4)CCc4[nH]c(P[C-]=O)nc4-5)ccc2-3)[nH]1.O=[C-]Pc1ncc(-c2ccc3c(c2)CCc2cc(-c4ccc5c(c4)CCc4[nH]c(P[C-]=O)nc4-5)ccc2-3)[nH]1.[V+2].[V+2].[V+2].[V+2]. The van der Waals surface area contributed by atoms with Crippen molar-refractivity contribution in [2.24, 2.45) is 0 Å². The first kappa shape index (κ1) is 83.5. The third kappa shape index (κ3) is 20.4. The number of amides is 4. The summed E-state index contributed by atoms with van der Waals surface area (Å²) in [6, 6.07) is 43.9. The molecule has 0 bridgehead atoms. The molecule has 10 aromatic rings. The van der Waals surface area contributed by atoms with Crippen LogP contribution in [0.4, 0.5) is 28.0 Å². The van der Waals surface area contributed by atoms with Gasteiger partial charge in [-0.15, -0.1) is 0 Å². The molecule has 4 atom stereocenters. The number of hydrogen-bond donors (Lipinski definition) is 4. The maximum absolute atomic E-state index is 15.8. The van der Waals surface area contributed by atoms with E-state index >= 15 is 8.78 Å². The van der Waals surface area contributed by atoms with E-state index < -0.39 is 30.3 Å². The van der Waals surface area contributed by atoms with Gasteiger partial charge in [0, 0.05) is 39.2 Å². The van der Waals surface area contributed by atoms with Crippen LogP contribution < -0.4 is 22.3 Å². The summed E-state index contributed by atoms with van der Waals surface area (Å²) in [7, 11) is 4.14. The standard InChI is InChI=1S/C30H22N4O2P2.C29H18F2N4O2P2.4C2H5NO2.4V/c35-15-37-29-31-14-27(33-29)22-5-8-24-20(13-22)2-1-19-11-17(3-7-23(19)24)18-4-9-25-21(12-18)6-10-26-28(25)34-30(32-26)38-16-36;30-29(31)22-10-16(15-1-5-19-17(9-15)4-8-24-26(19)35-28(33-24)39-14-37)2-6-20(22)21-7-3-18(11-23(21)29)25-12-32-27(34-25)38-13-36;4*1-5-2(3)4;;;;/h3-5,7-9,11-14,37-38H,1-2,6,10H2,(H,31,33)(H,32,34);1-3,5-7,9-12,38-39H,4,8H2,(H,32,34)(H,33,35);4*1H3,(H2,3,4);;;;/q2*-2;;;;;4*+2/p-4. The number of hydrogen-bond acceptors (Lipinski definition) is 16. The molecule has 24 nitrogen and oxygen atoms in total. The van der Waals surface area contributed by atoms with Crippen LogP contribution in [-0.2, 0) is 157 Å². The number of rotatable bonds is 12. The van der Waals surface area contributed by atoms with Gasteiger partial charge in [0.15, 0.2) is 0 Å². The second-order valence-electron chi connectivity index (χ2n) is 21.1. The second-order valence-corrected chi connectivity index (χ2v) is 24.8. The molecule has 34 heteroatoms. The second kappa shape index (κ2) is 38.8. The number of methoxy groups -OCH3 is 4. The van der Waals surface area contributed by atoms with Crippen molar-refractivity contribution in [1.82, 2.24) is 39.9 Å². The van der Waals surface area contributed by atoms with Crippen LogP contribution >= 0.6 is 34.3 Å². The zero-order chi connectivity index (χ0) is 69.5. The van der Waals surface area contributed by atoms with Crippen LogP contribution in [0, 0.1) is 0 Å². The van der Waals surface area contributed by atoms with E-state index in [1.165, 1.54) is 45.0 Å². The minimum Gasteiger partial charge on any atom is -0.632 e. The number of halogens is 2. The maximum Gasteiger partial charge on any atom is 2.00 e.